The van der Waals surface area contributed by atoms with Gasteiger partial charge in [0.1, 0.15) is 17.0 Å². The molecule has 8 nitrogen and oxygen atoms in total. The molecule has 10 heteroatoms. The molecule has 1 aromatic carbocycles. The topological polar surface area (TPSA) is 91.4 Å². The van der Waals surface area contributed by atoms with Crippen LogP contribution in [0.1, 0.15) is 23.8 Å². The van der Waals surface area contributed by atoms with Crippen molar-refractivity contribution >= 4 is 56.6 Å². The number of carbonyl (C=O) groups is 1. The lowest BCUT2D eigenvalue weighted by Gasteiger charge is -2.36. The Kier molecular flexibility index (Phi) is 5.17. The molecule has 3 aromatic rings. The molecule has 0 radical (unpaired) electrons. The van der Waals surface area contributed by atoms with E-state index in [4.69, 9.17) is 4.74 Å². The molecule has 1 fully saturated rings. The highest BCUT2D eigenvalue weighted by Gasteiger charge is 2.34. The molecule has 0 bridgehead atoms. The summed E-state index contributed by atoms with van der Waals surface area (Å²) in [6.45, 7) is 4.03. The average molecular weight is 469 g/mol. The molecular weight excluding hydrogens is 444 g/mol. The Morgan fingerprint density at radius 1 is 1.34 bits per heavy atom. The summed E-state index contributed by atoms with van der Waals surface area (Å²) in [4.78, 5) is 30.8. The van der Waals surface area contributed by atoms with Gasteiger partial charge >= 0.3 is 0 Å². The zero-order chi connectivity index (χ0) is 21.7. The largest absolute Gasteiger partial charge is 0.377 e. The number of aryl methyl sites for hydroxylation is 1. The van der Waals surface area contributed by atoms with Crippen molar-refractivity contribution in [2.75, 3.05) is 30.5 Å². The minimum atomic E-state index is 0.0363. The average Bonchev–Trinajstić information content (AvgIpc) is 3.42. The molecule has 2 aromatic heterocycles. The highest BCUT2D eigenvalue weighted by molar-refractivity contribution is 7.98. The van der Waals surface area contributed by atoms with Gasteiger partial charge < -0.3 is 20.4 Å². The van der Waals surface area contributed by atoms with Crippen molar-refractivity contribution in [2.24, 2.45) is 5.92 Å². The van der Waals surface area contributed by atoms with Gasteiger partial charge in [0.2, 0.25) is 5.91 Å². The fourth-order valence-corrected chi connectivity index (χ4v) is 6.72. The van der Waals surface area contributed by atoms with Crippen LogP contribution in [0, 0.1) is 5.92 Å². The lowest BCUT2D eigenvalue weighted by molar-refractivity contribution is -0.143. The van der Waals surface area contributed by atoms with E-state index < -0.39 is 0 Å². The molecule has 2 atom stereocenters. The fourth-order valence-electron chi connectivity index (χ4n) is 4.76. The van der Waals surface area contributed by atoms with Crippen LogP contribution in [0.3, 0.4) is 0 Å². The Morgan fingerprint density at radius 3 is 3.19 bits per heavy atom. The van der Waals surface area contributed by atoms with Crippen molar-refractivity contribution in [3.05, 3.63) is 35.0 Å². The number of thiophene rings is 1. The summed E-state index contributed by atoms with van der Waals surface area (Å²) < 4.78 is 5.51. The van der Waals surface area contributed by atoms with Gasteiger partial charge in [0.15, 0.2) is 0 Å². The Bertz CT molecular complexity index is 1200. The Hall–Kier alpha value is -2.40. The maximum absolute atomic E-state index is 13.2. The molecule has 1 saturated heterocycles. The number of nitrogens with one attached hydrogen (secondary N) is 3. The maximum atomic E-state index is 13.2. The van der Waals surface area contributed by atoms with Gasteiger partial charge in [-0.2, -0.15) is 4.83 Å². The first kappa shape index (κ1) is 20.2. The van der Waals surface area contributed by atoms with E-state index in [1.54, 1.807) is 29.6 Å². The van der Waals surface area contributed by atoms with Crippen LogP contribution in [0.2, 0.25) is 0 Å². The van der Waals surface area contributed by atoms with Gasteiger partial charge in [-0.25, -0.2) is 9.97 Å². The first-order valence-corrected chi connectivity index (χ1v) is 12.5. The zero-order valence-corrected chi connectivity index (χ0v) is 19.3. The number of aromatic nitrogens is 2. The molecule has 0 unspecified atom stereocenters. The van der Waals surface area contributed by atoms with Crippen molar-refractivity contribution in [3.8, 4) is 0 Å². The standard InChI is InChI=1S/C22H24N6O2S2/c1-12-10-30-7-6-28(12)22(29)13-2-4-15-17(8-13)31-21-19(15)20(23-11-24-21)25-14-3-5-16-18(9-14)32-27-26-16/h3,5,9,11-13,26-27H,2,4,6-8,10H2,1H3,(H,23,24,25)/t12-,13-/m0/s1. The lowest BCUT2D eigenvalue weighted by atomic mass is 9.86. The van der Waals surface area contributed by atoms with E-state index in [1.807, 2.05) is 11.0 Å². The van der Waals surface area contributed by atoms with Gasteiger partial charge in [0.05, 0.1) is 35.2 Å². The molecule has 3 N–H and O–H groups in total. The number of nitrogens with zero attached hydrogens (tertiary/aromatic N) is 3. The van der Waals surface area contributed by atoms with Gasteiger partial charge in [0.25, 0.3) is 0 Å². The molecule has 3 aliphatic rings. The number of rotatable bonds is 3. The first-order chi connectivity index (χ1) is 15.7. The minimum Gasteiger partial charge on any atom is -0.377 e. The van der Waals surface area contributed by atoms with Crippen LogP contribution in [-0.4, -0.2) is 46.6 Å². The summed E-state index contributed by atoms with van der Waals surface area (Å²) in [7, 11) is 0. The first-order valence-electron chi connectivity index (χ1n) is 10.9. The predicted octanol–water partition coefficient (Wildman–Crippen LogP) is 3.72. The molecule has 1 amide bonds. The SMILES string of the molecule is C[C@H]1COCCN1C(=O)[C@H]1CCc2c(sc3ncnc(Nc4ccc5c(c4)SNN5)c23)C1. The van der Waals surface area contributed by atoms with Gasteiger partial charge in [-0.05, 0) is 61.9 Å². The third kappa shape index (κ3) is 3.51. The quantitative estimate of drug-likeness (QED) is 0.501. The van der Waals surface area contributed by atoms with E-state index in [-0.39, 0.29) is 17.9 Å². The summed E-state index contributed by atoms with van der Waals surface area (Å²) >= 11 is 3.26. The monoisotopic (exact) mass is 468 g/mol. The molecule has 166 valence electrons. The van der Waals surface area contributed by atoms with E-state index in [0.717, 1.165) is 51.6 Å². The Labute approximate surface area is 194 Å². The van der Waals surface area contributed by atoms with Crippen LogP contribution in [0.25, 0.3) is 10.2 Å². The van der Waals surface area contributed by atoms with Crippen LogP contribution in [0.4, 0.5) is 17.2 Å². The van der Waals surface area contributed by atoms with Crippen LogP contribution in [0.5, 0.6) is 0 Å². The number of carbonyl (C=O) groups excluding carboxylic acids is 1. The smallest absolute Gasteiger partial charge is 0.226 e. The molecule has 2 aliphatic heterocycles. The van der Waals surface area contributed by atoms with E-state index in [9.17, 15) is 4.79 Å². The van der Waals surface area contributed by atoms with Gasteiger partial charge in [-0.1, -0.05) is 0 Å². The second-order valence-corrected chi connectivity index (χ2v) is 10.4. The summed E-state index contributed by atoms with van der Waals surface area (Å²) in [6, 6.07) is 6.36. The van der Waals surface area contributed by atoms with E-state index in [2.05, 4.69) is 44.6 Å². The van der Waals surface area contributed by atoms with Gasteiger partial charge in [-0.15, -0.1) is 11.3 Å². The maximum Gasteiger partial charge on any atom is 0.226 e. The van der Waals surface area contributed by atoms with Crippen LogP contribution < -0.4 is 15.6 Å². The zero-order valence-electron chi connectivity index (χ0n) is 17.7. The molecule has 32 heavy (non-hydrogen) atoms. The normalized spacial score (nSPS) is 22.3. The van der Waals surface area contributed by atoms with E-state index in [0.29, 0.717) is 19.8 Å². The van der Waals surface area contributed by atoms with E-state index >= 15 is 0 Å². The summed E-state index contributed by atoms with van der Waals surface area (Å²) in [5, 5.41) is 4.60. The molecule has 4 heterocycles. The van der Waals surface area contributed by atoms with Crippen molar-refractivity contribution in [1.82, 2.24) is 19.7 Å². The van der Waals surface area contributed by atoms with Crippen molar-refractivity contribution in [3.63, 3.8) is 0 Å². The van der Waals surface area contributed by atoms with Crippen LogP contribution in [-0.2, 0) is 22.4 Å². The third-order valence-electron chi connectivity index (χ3n) is 6.44. The second kappa shape index (κ2) is 8.18. The third-order valence-corrected chi connectivity index (χ3v) is 8.36. The fraction of sp³-hybridized carbons (Fsp3) is 0.409. The molecule has 1 aliphatic carbocycles. The number of anilines is 3. The van der Waals surface area contributed by atoms with Gasteiger partial charge in [0, 0.05) is 23.0 Å². The van der Waals surface area contributed by atoms with Gasteiger partial charge in [-0.3, -0.25) is 4.79 Å². The number of hydrogen-bond acceptors (Lipinski definition) is 9. The number of benzene rings is 1. The predicted molar refractivity (Wildman–Crippen MR) is 127 cm³/mol. The number of morpholine rings is 1. The molecule has 0 saturated carbocycles. The van der Waals surface area contributed by atoms with Crippen molar-refractivity contribution < 1.29 is 9.53 Å². The highest BCUT2D eigenvalue weighted by atomic mass is 32.2. The van der Waals surface area contributed by atoms with Crippen molar-refractivity contribution in [2.45, 2.75) is 37.1 Å². The number of ether oxygens (including phenoxy) is 1. The molecule has 0 spiro atoms. The summed E-state index contributed by atoms with van der Waals surface area (Å²) in [6.07, 6.45) is 4.14. The summed E-state index contributed by atoms with van der Waals surface area (Å²) in [5.74, 6) is 1.14. The number of hydrazine groups is 1. The number of amides is 1. The molecular formula is C22H24N6O2S2. The number of hydrogen-bond donors (Lipinski definition) is 3. The second-order valence-electron chi connectivity index (χ2n) is 8.47. The lowest BCUT2D eigenvalue weighted by Crippen LogP contribution is -2.50. The molecule has 6 rings (SSSR count). The van der Waals surface area contributed by atoms with Crippen LogP contribution >= 0.6 is 23.3 Å². The Balaban J connectivity index is 1.28. The van der Waals surface area contributed by atoms with Crippen molar-refractivity contribution in [1.29, 1.82) is 0 Å². The number of fused-ring (bicyclic) bond motifs is 4. The van der Waals surface area contributed by atoms with Crippen LogP contribution in [0.15, 0.2) is 29.4 Å². The summed E-state index contributed by atoms with van der Waals surface area (Å²) in [5.41, 5.74) is 6.49. The highest BCUT2D eigenvalue weighted by Crippen LogP contribution is 2.41. The Morgan fingerprint density at radius 2 is 2.28 bits per heavy atom. The minimum absolute atomic E-state index is 0.0363. The van der Waals surface area contributed by atoms with E-state index in [1.165, 1.54) is 10.4 Å².